The van der Waals surface area contributed by atoms with Gasteiger partial charge in [0.15, 0.2) is 0 Å². The Labute approximate surface area is 199 Å². The van der Waals surface area contributed by atoms with Gasteiger partial charge in [-0.25, -0.2) is 4.39 Å². The molecule has 2 atom stereocenters. The molecule has 4 rings (SSSR count). The minimum absolute atomic E-state index is 0.0260. The van der Waals surface area contributed by atoms with Crippen LogP contribution in [-0.4, -0.2) is 53.2 Å². The molecule has 0 spiro atoms. The molecule has 1 amide bonds. The van der Waals surface area contributed by atoms with E-state index in [1.165, 1.54) is 30.5 Å². The second kappa shape index (κ2) is 9.49. The minimum Gasteiger partial charge on any atom is -0.394 e. The minimum atomic E-state index is -3.92. The summed E-state index contributed by atoms with van der Waals surface area (Å²) in [5.41, 5.74) is 1.11. The van der Waals surface area contributed by atoms with Crippen LogP contribution in [0.2, 0.25) is 5.02 Å². The quantitative estimate of drug-likeness (QED) is 0.468. The van der Waals surface area contributed by atoms with Crippen molar-refractivity contribution in [2.45, 2.75) is 25.0 Å². The summed E-state index contributed by atoms with van der Waals surface area (Å²) >= 11 is 7.17. The summed E-state index contributed by atoms with van der Waals surface area (Å²) in [5.74, 6) is -1.16. The predicted octanol–water partition coefficient (Wildman–Crippen LogP) is 2.61. The predicted molar refractivity (Wildman–Crippen MR) is 124 cm³/mol. The number of hydrogen-bond acceptors (Lipinski definition) is 6. The first-order chi connectivity index (χ1) is 15.7. The fourth-order valence-electron chi connectivity index (χ4n) is 3.51. The molecule has 0 radical (unpaired) electrons. The molecule has 1 aliphatic heterocycles. The lowest BCUT2D eigenvalue weighted by Gasteiger charge is -2.35. The summed E-state index contributed by atoms with van der Waals surface area (Å²) in [5, 5.41) is 15.7. The number of rotatable bonds is 6. The van der Waals surface area contributed by atoms with Gasteiger partial charge in [-0.2, -0.15) is 22.5 Å². The number of halogens is 2. The number of aromatic nitrogens is 2. The van der Waals surface area contributed by atoms with E-state index in [1.807, 2.05) is 12.1 Å². The van der Waals surface area contributed by atoms with Gasteiger partial charge in [-0.1, -0.05) is 11.6 Å². The van der Waals surface area contributed by atoms with Crippen LogP contribution in [0.15, 0.2) is 42.7 Å². The fraction of sp³-hybridized carbons (Fsp3) is 0.300. The first kappa shape index (κ1) is 23.8. The first-order valence-corrected chi connectivity index (χ1v) is 12.6. The molecular formula is C20H21ClFN5O4S2. The summed E-state index contributed by atoms with van der Waals surface area (Å²) in [6, 6.07) is 5.84. The van der Waals surface area contributed by atoms with Crippen molar-refractivity contribution in [3.05, 3.63) is 58.4 Å². The monoisotopic (exact) mass is 513 g/mol. The average molecular weight is 514 g/mol. The molecule has 2 aromatic heterocycles. The lowest BCUT2D eigenvalue weighted by atomic mass is 10.1. The summed E-state index contributed by atoms with van der Waals surface area (Å²) < 4.78 is 44.1. The Balaban J connectivity index is 1.54. The topological polar surface area (TPSA) is 117 Å². The maximum absolute atomic E-state index is 13.4. The van der Waals surface area contributed by atoms with Crippen LogP contribution in [0.5, 0.6) is 0 Å². The van der Waals surface area contributed by atoms with Crippen molar-refractivity contribution in [2.24, 2.45) is 0 Å². The summed E-state index contributed by atoms with van der Waals surface area (Å²) in [6.45, 7) is 0.352. The molecular weight excluding hydrogens is 493 g/mol. The van der Waals surface area contributed by atoms with Crippen LogP contribution in [0.1, 0.15) is 17.3 Å². The maximum atomic E-state index is 13.4. The van der Waals surface area contributed by atoms with Crippen molar-refractivity contribution >= 4 is 44.7 Å². The average Bonchev–Trinajstić information content (AvgIpc) is 3.42. The van der Waals surface area contributed by atoms with Crippen LogP contribution in [0.4, 0.5) is 10.1 Å². The summed E-state index contributed by atoms with van der Waals surface area (Å²) in [4.78, 5) is 14.6. The lowest BCUT2D eigenvalue weighted by Crippen LogP contribution is -2.55. The van der Waals surface area contributed by atoms with Gasteiger partial charge in [0.05, 0.1) is 30.4 Å². The molecule has 3 heterocycles. The van der Waals surface area contributed by atoms with E-state index in [2.05, 4.69) is 15.1 Å². The fourth-order valence-corrected chi connectivity index (χ4v) is 6.07. The molecule has 1 fully saturated rings. The van der Waals surface area contributed by atoms with Crippen molar-refractivity contribution in [1.82, 2.24) is 18.8 Å². The molecule has 0 saturated carbocycles. The Morgan fingerprint density at radius 2 is 2.18 bits per heavy atom. The van der Waals surface area contributed by atoms with Gasteiger partial charge in [0, 0.05) is 34.2 Å². The number of hydrogen-bond donors (Lipinski definition) is 3. The smallest absolute Gasteiger partial charge is 0.280 e. The molecule has 1 aromatic carbocycles. The van der Waals surface area contributed by atoms with E-state index in [1.54, 1.807) is 17.1 Å². The number of nitrogens with one attached hydrogen (secondary N) is 2. The molecule has 33 heavy (non-hydrogen) atoms. The van der Waals surface area contributed by atoms with E-state index in [9.17, 15) is 17.6 Å². The Hall–Kier alpha value is -2.35. The number of amides is 1. The number of anilines is 1. The number of nitrogens with zero attached hydrogens (tertiary/aromatic N) is 3. The van der Waals surface area contributed by atoms with E-state index in [-0.39, 0.29) is 23.7 Å². The van der Waals surface area contributed by atoms with Crippen LogP contribution in [0.25, 0.3) is 10.4 Å². The van der Waals surface area contributed by atoms with Crippen molar-refractivity contribution in [3.8, 4) is 10.4 Å². The number of aliphatic hydroxyl groups excluding tert-OH is 1. The summed E-state index contributed by atoms with van der Waals surface area (Å²) in [7, 11) is -2.59. The third-order valence-electron chi connectivity index (χ3n) is 5.28. The van der Waals surface area contributed by atoms with Gasteiger partial charge in [-0.05, 0) is 36.8 Å². The number of aliphatic hydroxyl groups is 1. The second-order valence-corrected chi connectivity index (χ2v) is 10.8. The van der Waals surface area contributed by atoms with Crippen LogP contribution in [0, 0.1) is 5.82 Å². The van der Waals surface area contributed by atoms with Gasteiger partial charge in [-0.3, -0.25) is 9.48 Å². The van der Waals surface area contributed by atoms with Gasteiger partial charge in [0.1, 0.15) is 11.9 Å². The second-order valence-electron chi connectivity index (χ2n) is 7.48. The van der Waals surface area contributed by atoms with Gasteiger partial charge in [-0.15, -0.1) is 11.3 Å². The van der Waals surface area contributed by atoms with Gasteiger partial charge in [0.2, 0.25) is 5.91 Å². The van der Waals surface area contributed by atoms with Crippen molar-refractivity contribution in [2.75, 3.05) is 19.0 Å². The molecule has 2 unspecified atom stereocenters. The Bertz CT molecular complexity index is 1280. The van der Waals surface area contributed by atoms with Crippen LogP contribution in [-0.2, 0) is 21.5 Å². The lowest BCUT2D eigenvalue weighted by molar-refractivity contribution is -0.120. The molecule has 1 aliphatic rings. The zero-order chi connectivity index (χ0) is 23.8. The molecule has 1 saturated heterocycles. The zero-order valence-electron chi connectivity index (χ0n) is 17.4. The highest BCUT2D eigenvalue weighted by molar-refractivity contribution is 7.87. The van der Waals surface area contributed by atoms with E-state index in [0.29, 0.717) is 6.54 Å². The Kier molecular flexibility index (Phi) is 6.84. The first-order valence-electron chi connectivity index (χ1n) is 9.92. The third-order valence-corrected chi connectivity index (χ3v) is 8.41. The molecule has 0 aliphatic carbocycles. The highest BCUT2D eigenvalue weighted by atomic mass is 35.5. The van der Waals surface area contributed by atoms with E-state index in [4.69, 9.17) is 16.7 Å². The highest BCUT2D eigenvalue weighted by Crippen LogP contribution is 2.36. The third kappa shape index (κ3) is 5.10. The Morgan fingerprint density at radius 3 is 2.91 bits per heavy atom. The maximum Gasteiger partial charge on any atom is 0.280 e. The molecule has 13 heteroatoms. The van der Waals surface area contributed by atoms with Crippen LogP contribution < -0.4 is 10.0 Å². The van der Waals surface area contributed by atoms with Crippen molar-refractivity contribution in [1.29, 1.82) is 0 Å². The van der Waals surface area contributed by atoms with E-state index < -0.39 is 34.0 Å². The largest absolute Gasteiger partial charge is 0.394 e. The molecule has 176 valence electrons. The number of benzene rings is 1. The molecule has 3 N–H and O–H groups in total. The van der Waals surface area contributed by atoms with E-state index >= 15 is 0 Å². The van der Waals surface area contributed by atoms with E-state index in [0.717, 1.165) is 25.7 Å². The SMILES string of the molecule is CN1C(C(=O)Nc2ccc(F)c(Cl)c2)CC(c2ccc(-c3cnn(CCO)c3)s2)NS1(=O)=O. The van der Waals surface area contributed by atoms with Crippen LogP contribution >= 0.6 is 22.9 Å². The van der Waals surface area contributed by atoms with Crippen molar-refractivity contribution in [3.63, 3.8) is 0 Å². The number of likely N-dealkylation sites (N-methyl/N-ethyl adjacent to an activating group) is 1. The highest BCUT2D eigenvalue weighted by Gasteiger charge is 2.41. The van der Waals surface area contributed by atoms with Gasteiger partial charge >= 0.3 is 0 Å². The zero-order valence-corrected chi connectivity index (χ0v) is 19.8. The molecule has 3 aromatic rings. The molecule has 9 nitrogen and oxygen atoms in total. The number of carbonyl (C=O) groups is 1. The number of thiophene rings is 1. The van der Waals surface area contributed by atoms with Crippen LogP contribution in [0.3, 0.4) is 0 Å². The Morgan fingerprint density at radius 1 is 1.39 bits per heavy atom. The van der Waals surface area contributed by atoms with Gasteiger partial charge in [0.25, 0.3) is 10.2 Å². The number of carbonyl (C=O) groups excluding carboxylic acids is 1. The standard InChI is InChI=1S/C20H21ClFN5O4S2/c1-26-17(20(29)24-13-2-3-15(22)14(21)8-13)9-16(25-33(26,30)31)19-5-4-18(32-19)12-10-23-27(11-12)6-7-28/h2-5,8,10-11,16-17,25,28H,6-7,9H2,1H3,(H,24,29). The van der Waals surface area contributed by atoms with Gasteiger partial charge < -0.3 is 10.4 Å². The summed E-state index contributed by atoms with van der Waals surface area (Å²) in [6.07, 6.45) is 3.67. The normalized spacial score (nSPS) is 20.6. The molecule has 0 bridgehead atoms. The van der Waals surface area contributed by atoms with Crippen molar-refractivity contribution < 1.29 is 22.7 Å².